The van der Waals surface area contributed by atoms with E-state index in [9.17, 15) is 35.7 Å². The Morgan fingerprint density at radius 2 is 1.22 bits per heavy atom. The van der Waals surface area contributed by atoms with Gasteiger partial charge in [-0.3, -0.25) is 0 Å². The van der Waals surface area contributed by atoms with Crippen molar-refractivity contribution in [1.29, 1.82) is 0 Å². The van der Waals surface area contributed by atoms with E-state index < -0.39 is 74.6 Å². The molecule has 2 aliphatic rings. The average Bonchev–Trinajstić information content (AvgIpc) is 2.54. The van der Waals surface area contributed by atoms with Crippen molar-refractivity contribution < 1.29 is 55.1 Å². The molecule has 2 saturated heterocycles. The molecule has 2 rings (SSSR count). The summed E-state index contributed by atoms with van der Waals surface area (Å²) in [6.07, 6.45) is -15.3. The summed E-state index contributed by atoms with van der Waals surface area (Å²) in [5, 5.41) is 76.1. The Kier molecular flexibility index (Phi) is 6.27. The van der Waals surface area contributed by atoms with Crippen molar-refractivity contribution in [2.75, 3.05) is 13.2 Å². The second-order valence-corrected chi connectivity index (χ2v) is 5.57. The molecular weight excluding hydrogens is 320 g/mol. The highest BCUT2D eigenvalue weighted by atomic mass is 16.7. The molecule has 0 aromatic rings. The van der Waals surface area contributed by atoms with Gasteiger partial charge < -0.3 is 55.1 Å². The Balaban J connectivity index is 1.94. The molecule has 0 radical (unpaired) electrons. The predicted octanol–water partition coefficient (Wildman–Crippen LogP) is -5.40. The van der Waals surface area contributed by atoms with Crippen LogP contribution in [0.1, 0.15) is 0 Å². The van der Waals surface area contributed by atoms with Crippen LogP contribution in [0.15, 0.2) is 0 Å². The summed E-state index contributed by atoms with van der Waals surface area (Å²) in [6, 6.07) is 0. The second-order valence-electron chi connectivity index (χ2n) is 5.57. The molecule has 2 aliphatic heterocycles. The SMILES string of the molecule is OC[C@@H]1O[C@@H](OC[C@@H]2O[C@H](O)[C@@H](O)[C@H](O)[C@H]2O)[C@@H](O)[C@H](O)[C@H]1O. The molecule has 0 bridgehead atoms. The van der Waals surface area contributed by atoms with E-state index in [0.29, 0.717) is 0 Å². The van der Waals surface area contributed by atoms with Gasteiger partial charge in [0.15, 0.2) is 12.6 Å². The zero-order valence-corrected chi connectivity index (χ0v) is 12.0. The lowest BCUT2D eigenvalue weighted by Crippen LogP contribution is -2.61. The smallest absolute Gasteiger partial charge is 0.186 e. The lowest BCUT2D eigenvalue weighted by atomic mass is 9.98. The van der Waals surface area contributed by atoms with Crippen molar-refractivity contribution in [2.24, 2.45) is 0 Å². The number of hydrogen-bond acceptors (Lipinski definition) is 11. The van der Waals surface area contributed by atoms with Crippen LogP contribution >= 0.6 is 0 Å². The van der Waals surface area contributed by atoms with Crippen molar-refractivity contribution in [3.8, 4) is 0 Å². The van der Waals surface area contributed by atoms with Gasteiger partial charge in [-0.15, -0.1) is 0 Å². The summed E-state index contributed by atoms with van der Waals surface area (Å²) in [7, 11) is 0. The van der Waals surface area contributed by atoms with E-state index in [1.54, 1.807) is 0 Å². The zero-order valence-electron chi connectivity index (χ0n) is 12.0. The summed E-state index contributed by atoms with van der Waals surface area (Å²) in [4.78, 5) is 0. The quantitative estimate of drug-likeness (QED) is 0.243. The largest absolute Gasteiger partial charge is 0.394 e. The van der Waals surface area contributed by atoms with Crippen LogP contribution in [0.25, 0.3) is 0 Å². The number of aliphatic hydroxyl groups excluding tert-OH is 8. The van der Waals surface area contributed by atoms with E-state index >= 15 is 0 Å². The van der Waals surface area contributed by atoms with Gasteiger partial charge in [-0.1, -0.05) is 0 Å². The van der Waals surface area contributed by atoms with Crippen LogP contribution in [0.4, 0.5) is 0 Å². The summed E-state index contributed by atoms with van der Waals surface area (Å²) >= 11 is 0. The first-order valence-electron chi connectivity index (χ1n) is 7.07. The molecular formula is C12H22O11. The maximum absolute atomic E-state index is 9.78. The predicted molar refractivity (Wildman–Crippen MR) is 68.6 cm³/mol. The van der Waals surface area contributed by atoms with Gasteiger partial charge >= 0.3 is 0 Å². The first-order valence-corrected chi connectivity index (χ1v) is 7.07. The molecule has 0 aliphatic carbocycles. The van der Waals surface area contributed by atoms with Crippen LogP contribution in [0.3, 0.4) is 0 Å². The Bertz CT molecular complexity index is 380. The van der Waals surface area contributed by atoms with E-state index in [-0.39, 0.29) is 0 Å². The van der Waals surface area contributed by atoms with E-state index in [0.717, 1.165) is 0 Å². The molecule has 10 atom stereocenters. The Morgan fingerprint density at radius 1 is 0.652 bits per heavy atom. The van der Waals surface area contributed by atoms with Crippen molar-refractivity contribution >= 4 is 0 Å². The summed E-state index contributed by atoms with van der Waals surface area (Å²) in [5.74, 6) is 0. The normalized spacial score (nSPS) is 51.7. The molecule has 0 spiro atoms. The van der Waals surface area contributed by atoms with Crippen molar-refractivity contribution in [3.63, 3.8) is 0 Å². The van der Waals surface area contributed by atoms with E-state index in [1.807, 2.05) is 0 Å². The van der Waals surface area contributed by atoms with Gasteiger partial charge in [-0.2, -0.15) is 0 Å². The maximum atomic E-state index is 9.78. The van der Waals surface area contributed by atoms with Gasteiger partial charge in [-0.25, -0.2) is 0 Å². The zero-order chi connectivity index (χ0) is 17.3. The number of ether oxygens (including phenoxy) is 3. The highest BCUT2D eigenvalue weighted by molar-refractivity contribution is 4.91. The third kappa shape index (κ3) is 3.81. The summed E-state index contributed by atoms with van der Waals surface area (Å²) in [6.45, 7) is -1.10. The minimum atomic E-state index is -1.74. The van der Waals surface area contributed by atoms with Crippen molar-refractivity contribution in [1.82, 2.24) is 0 Å². The van der Waals surface area contributed by atoms with Gasteiger partial charge in [-0.05, 0) is 0 Å². The Hall–Kier alpha value is -0.440. The summed E-state index contributed by atoms with van der Waals surface area (Å²) in [5.41, 5.74) is 0. The monoisotopic (exact) mass is 342 g/mol. The Labute approximate surface area is 130 Å². The first kappa shape index (κ1) is 18.9. The summed E-state index contributed by atoms with van der Waals surface area (Å²) < 4.78 is 15.1. The molecule has 0 amide bonds. The van der Waals surface area contributed by atoms with Gasteiger partial charge in [0.25, 0.3) is 0 Å². The molecule has 11 nitrogen and oxygen atoms in total. The molecule has 2 fully saturated rings. The molecule has 23 heavy (non-hydrogen) atoms. The maximum Gasteiger partial charge on any atom is 0.186 e. The molecule has 8 N–H and O–H groups in total. The fraction of sp³-hybridized carbons (Fsp3) is 1.00. The molecule has 11 heteroatoms. The van der Waals surface area contributed by atoms with Crippen molar-refractivity contribution in [2.45, 2.75) is 61.4 Å². The minimum absolute atomic E-state index is 0.468. The molecule has 0 unspecified atom stereocenters. The fourth-order valence-corrected chi connectivity index (χ4v) is 2.46. The third-order valence-electron chi connectivity index (χ3n) is 3.96. The standard InChI is InChI=1S/C12H22O11/c13-1-3-5(14)8(17)10(19)12(23-3)21-2-4-6(15)7(16)9(18)11(20)22-4/h3-20H,1-2H2/t3-,4-,5-,6-,7+,8+,9-,10-,11-,12+/m0/s1. The minimum Gasteiger partial charge on any atom is -0.394 e. The number of aliphatic hydroxyl groups is 8. The number of rotatable bonds is 4. The Morgan fingerprint density at radius 3 is 1.83 bits per heavy atom. The number of hydrogen-bond donors (Lipinski definition) is 8. The van der Waals surface area contributed by atoms with E-state index in [2.05, 4.69) is 0 Å². The fourth-order valence-electron chi connectivity index (χ4n) is 2.46. The van der Waals surface area contributed by atoms with Gasteiger partial charge in [0.1, 0.15) is 48.8 Å². The second kappa shape index (κ2) is 7.63. The van der Waals surface area contributed by atoms with E-state index in [1.165, 1.54) is 0 Å². The van der Waals surface area contributed by atoms with Crippen LogP contribution in [0.2, 0.25) is 0 Å². The lowest BCUT2D eigenvalue weighted by Gasteiger charge is -2.41. The molecule has 0 aromatic heterocycles. The molecule has 2 heterocycles. The highest BCUT2D eigenvalue weighted by Gasteiger charge is 2.46. The van der Waals surface area contributed by atoms with Crippen LogP contribution in [0.5, 0.6) is 0 Å². The van der Waals surface area contributed by atoms with Gasteiger partial charge in [0.2, 0.25) is 0 Å². The molecule has 0 saturated carbocycles. The van der Waals surface area contributed by atoms with Gasteiger partial charge in [0.05, 0.1) is 13.2 Å². The van der Waals surface area contributed by atoms with Crippen LogP contribution in [0, 0.1) is 0 Å². The van der Waals surface area contributed by atoms with Crippen LogP contribution < -0.4 is 0 Å². The van der Waals surface area contributed by atoms with E-state index in [4.69, 9.17) is 19.3 Å². The van der Waals surface area contributed by atoms with Crippen LogP contribution in [-0.4, -0.2) is 115 Å². The van der Waals surface area contributed by atoms with Crippen molar-refractivity contribution in [3.05, 3.63) is 0 Å². The first-order chi connectivity index (χ1) is 10.8. The van der Waals surface area contributed by atoms with Gasteiger partial charge in [0, 0.05) is 0 Å². The molecule has 0 aromatic carbocycles. The van der Waals surface area contributed by atoms with Crippen LogP contribution in [-0.2, 0) is 14.2 Å². The third-order valence-corrected chi connectivity index (χ3v) is 3.96. The highest BCUT2D eigenvalue weighted by Crippen LogP contribution is 2.24. The lowest BCUT2D eigenvalue weighted by molar-refractivity contribution is -0.325. The average molecular weight is 342 g/mol. The molecule has 136 valence electrons. The topological polar surface area (TPSA) is 190 Å².